The average molecular weight is 537 g/mol. The van der Waals surface area contributed by atoms with Gasteiger partial charge in [0.15, 0.2) is 6.10 Å². The summed E-state index contributed by atoms with van der Waals surface area (Å²) >= 11 is 0. The molecule has 0 spiro atoms. The molecule has 0 amide bonds. The SMILES string of the molecule is CCCCCCCC/C=C/C/C=C/CCC(=O)OCC(CO)OC(=O)CCCCCCCCCCCCC. The Morgan fingerprint density at radius 1 is 0.605 bits per heavy atom. The summed E-state index contributed by atoms with van der Waals surface area (Å²) in [4.78, 5) is 24.0. The highest BCUT2D eigenvalue weighted by Gasteiger charge is 2.15. The molecule has 0 fully saturated rings. The minimum Gasteiger partial charge on any atom is -0.462 e. The number of allylic oxidation sites excluding steroid dienone is 4. The Morgan fingerprint density at radius 3 is 1.66 bits per heavy atom. The molecular formula is C33H60O5. The third-order valence-corrected chi connectivity index (χ3v) is 6.76. The zero-order chi connectivity index (χ0) is 27.9. The number of aliphatic hydroxyl groups is 1. The predicted octanol–water partition coefficient (Wildman–Crippen LogP) is 9.17. The van der Waals surface area contributed by atoms with Crippen molar-refractivity contribution in [3.8, 4) is 0 Å². The predicted molar refractivity (Wildman–Crippen MR) is 159 cm³/mol. The summed E-state index contributed by atoms with van der Waals surface area (Å²) in [6.45, 7) is 4.05. The Labute approximate surface area is 234 Å². The molecule has 1 unspecified atom stereocenters. The molecule has 0 aromatic heterocycles. The first kappa shape index (κ1) is 36.4. The van der Waals surface area contributed by atoms with Crippen molar-refractivity contribution in [1.82, 2.24) is 0 Å². The zero-order valence-electron chi connectivity index (χ0n) is 24.9. The monoisotopic (exact) mass is 536 g/mol. The van der Waals surface area contributed by atoms with E-state index in [0.29, 0.717) is 12.8 Å². The van der Waals surface area contributed by atoms with Gasteiger partial charge >= 0.3 is 11.9 Å². The number of hydrogen-bond donors (Lipinski definition) is 1. The van der Waals surface area contributed by atoms with Crippen molar-refractivity contribution in [3.63, 3.8) is 0 Å². The van der Waals surface area contributed by atoms with Gasteiger partial charge in [-0.1, -0.05) is 134 Å². The molecule has 1 atom stereocenters. The molecule has 0 aromatic rings. The zero-order valence-corrected chi connectivity index (χ0v) is 24.9. The highest BCUT2D eigenvalue weighted by atomic mass is 16.6. The second-order valence-electron chi connectivity index (χ2n) is 10.5. The van der Waals surface area contributed by atoms with Crippen LogP contribution in [0.5, 0.6) is 0 Å². The topological polar surface area (TPSA) is 72.8 Å². The lowest BCUT2D eigenvalue weighted by molar-refractivity contribution is -0.161. The van der Waals surface area contributed by atoms with Gasteiger partial charge in [0.2, 0.25) is 0 Å². The van der Waals surface area contributed by atoms with E-state index in [1.54, 1.807) is 0 Å². The number of carbonyl (C=O) groups is 2. The van der Waals surface area contributed by atoms with E-state index < -0.39 is 6.10 Å². The Kier molecular flexibility index (Phi) is 28.7. The number of carbonyl (C=O) groups excluding carboxylic acids is 2. The summed E-state index contributed by atoms with van der Waals surface area (Å²) in [5, 5.41) is 9.46. The maximum atomic E-state index is 12.0. The van der Waals surface area contributed by atoms with Gasteiger partial charge in [0.1, 0.15) is 6.61 Å². The second kappa shape index (κ2) is 29.9. The molecule has 5 heteroatoms. The fourth-order valence-corrected chi connectivity index (χ4v) is 4.31. The van der Waals surface area contributed by atoms with Crippen molar-refractivity contribution < 1.29 is 24.2 Å². The van der Waals surface area contributed by atoms with Crippen LogP contribution in [0.25, 0.3) is 0 Å². The lowest BCUT2D eigenvalue weighted by Crippen LogP contribution is -2.28. The van der Waals surface area contributed by atoms with Gasteiger partial charge < -0.3 is 14.6 Å². The smallest absolute Gasteiger partial charge is 0.306 e. The minimum atomic E-state index is -0.786. The van der Waals surface area contributed by atoms with Crippen LogP contribution < -0.4 is 0 Å². The van der Waals surface area contributed by atoms with Crippen molar-refractivity contribution in [3.05, 3.63) is 24.3 Å². The maximum absolute atomic E-state index is 12.0. The van der Waals surface area contributed by atoms with E-state index in [9.17, 15) is 14.7 Å². The van der Waals surface area contributed by atoms with Gasteiger partial charge in [0.25, 0.3) is 0 Å². The van der Waals surface area contributed by atoms with Crippen LogP contribution in [0, 0.1) is 0 Å². The number of unbranched alkanes of at least 4 members (excludes halogenated alkanes) is 16. The third-order valence-electron chi connectivity index (χ3n) is 6.76. The van der Waals surface area contributed by atoms with Gasteiger partial charge in [0.05, 0.1) is 6.61 Å². The lowest BCUT2D eigenvalue weighted by atomic mass is 10.1. The van der Waals surface area contributed by atoms with Gasteiger partial charge in [-0.3, -0.25) is 9.59 Å². The van der Waals surface area contributed by atoms with Crippen LogP contribution in [0.4, 0.5) is 0 Å². The van der Waals surface area contributed by atoms with Crippen molar-refractivity contribution in [2.45, 2.75) is 161 Å². The molecule has 0 heterocycles. The van der Waals surface area contributed by atoms with E-state index in [1.807, 2.05) is 6.08 Å². The Morgan fingerprint density at radius 2 is 1.11 bits per heavy atom. The van der Waals surface area contributed by atoms with Crippen LogP contribution >= 0.6 is 0 Å². The first-order valence-corrected chi connectivity index (χ1v) is 15.9. The summed E-state index contributed by atoms with van der Waals surface area (Å²) in [6, 6.07) is 0. The highest BCUT2D eigenvalue weighted by molar-refractivity contribution is 5.70. The fourth-order valence-electron chi connectivity index (χ4n) is 4.31. The number of hydrogen-bond acceptors (Lipinski definition) is 5. The molecule has 0 bridgehead atoms. The Hall–Kier alpha value is -1.62. The van der Waals surface area contributed by atoms with Crippen molar-refractivity contribution in [1.29, 1.82) is 0 Å². The van der Waals surface area contributed by atoms with Crippen LogP contribution in [0.3, 0.4) is 0 Å². The first-order valence-electron chi connectivity index (χ1n) is 15.9. The summed E-state index contributed by atoms with van der Waals surface area (Å²) in [5.74, 6) is -0.670. The molecule has 0 aliphatic heterocycles. The fraction of sp³-hybridized carbons (Fsp3) is 0.818. The summed E-state index contributed by atoms with van der Waals surface area (Å²) in [6.07, 6.45) is 32.4. The van der Waals surface area contributed by atoms with Gasteiger partial charge in [0, 0.05) is 12.8 Å². The molecule has 5 nitrogen and oxygen atoms in total. The molecule has 0 aliphatic rings. The van der Waals surface area contributed by atoms with Gasteiger partial charge in [-0.15, -0.1) is 0 Å². The molecule has 0 aliphatic carbocycles. The summed E-state index contributed by atoms with van der Waals surface area (Å²) < 4.78 is 10.5. The number of aliphatic hydroxyl groups excluding tert-OH is 1. The van der Waals surface area contributed by atoms with Crippen molar-refractivity contribution >= 4 is 11.9 Å². The minimum absolute atomic E-state index is 0.0930. The van der Waals surface area contributed by atoms with Crippen LogP contribution in [-0.4, -0.2) is 36.4 Å². The standard InChI is InChI=1S/C33H60O5/c1-3-5-7-9-11-13-15-16-18-19-21-23-25-27-32(35)37-30-31(29-34)38-33(36)28-26-24-22-20-17-14-12-10-8-6-4-2/h16,18,21,23,31,34H,3-15,17,19-20,22,24-30H2,1-2H3/b18-16+,23-21+. The van der Waals surface area contributed by atoms with E-state index in [4.69, 9.17) is 9.47 Å². The van der Waals surface area contributed by atoms with E-state index in [0.717, 1.165) is 32.1 Å². The molecule has 0 radical (unpaired) electrons. The molecule has 0 rings (SSSR count). The maximum Gasteiger partial charge on any atom is 0.306 e. The van der Waals surface area contributed by atoms with E-state index in [-0.39, 0.29) is 31.6 Å². The summed E-state index contributed by atoms with van der Waals surface area (Å²) in [5.41, 5.74) is 0. The third kappa shape index (κ3) is 27.4. The molecule has 222 valence electrons. The molecule has 0 aromatic carbocycles. The normalized spacial score (nSPS) is 12.4. The quantitative estimate of drug-likeness (QED) is 0.0613. The van der Waals surface area contributed by atoms with E-state index in [1.165, 1.54) is 89.9 Å². The summed E-state index contributed by atoms with van der Waals surface area (Å²) in [7, 11) is 0. The van der Waals surface area contributed by atoms with Crippen molar-refractivity contribution in [2.24, 2.45) is 0 Å². The van der Waals surface area contributed by atoms with Crippen LogP contribution in [0.1, 0.15) is 155 Å². The van der Waals surface area contributed by atoms with Gasteiger partial charge in [-0.2, -0.15) is 0 Å². The number of esters is 2. The van der Waals surface area contributed by atoms with Gasteiger partial charge in [-0.05, 0) is 32.1 Å². The molecule has 0 saturated heterocycles. The first-order chi connectivity index (χ1) is 18.6. The second-order valence-corrected chi connectivity index (χ2v) is 10.5. The Bertz CT molecular complexity index is 584. The lowest BCUT2D eigenvalue weighted by Gasteiger charge is -2.15. The van der Waals surface area contributed by atoms with Crippen LogP contribution in [0.15, 0.2) is 24.3 Å². The van der Waals surface area contributed by atoms with E-state index >= 15 is 0 Å². The number of ether oxygens (including phenoxy) is 2. The molecule has 0 saturated carbocycles. The molecular weight excluding hydrogens is 476 g/mol. The largest absolute Gasteiger partial charge is 0.462 e. The average Bonchev–Trinajstić information content (AvgIpc) is 2.92. The highest BCUT2D eigenvalue weighted by Crippen LogP contribution is 2.12. The molecule has 38 heavy (non-hydrogen) atoms. The Balaban J connectivity index is 3.67. The van der Waals surface area contributed by atoms with Crippen LogP contribution in [-0.2, 0) is 19.1 Å². The molecule has 1 N–H and O–H groups in total. The van der Waals surface area contributed by atoms with Crippen LogP contribution in [0.2, 0.25) is 0 Å². The van der Waals surface area contributed by atoms with E-state index in [2.05, 4.69) is 32.1 Å². The van der Waals surface area contributed by atoms with Crippen molar-refractivity contribution in [2.75, 3.05) is 13.2 Å². The van der Waals surface area contributed by atoms with Gasteiger partial charge in [-0.25, -0.2) is 0 Å². The number of rotatable bonds is 28.